The van der Waals surface area contributed by atoms with Crippen LogP contribution in [0.3, 0.4) is 0 Å². The number of para-hydroxylation sites is 1. The third-order valence-electron chi connectivity index (χ3n) is 5.95. The van der Waals surface area contributed by atoms with Gasteiger partial charge >= 0.3 is 0 Å². The van der Waals surface area contributed by atoms with Gasteiger partial charge in [0.05, 0.1) is 29.9 Å². The first-order valence-corrected chi connectivity index (χ1v) is 11.5. The Morgan fingerprint density at radius 3 is 2.49 bits per heavy atom. The number of hydrogen-bond acceptors (Lipinski definition) is 4. The summed E-state index contributed by atoms with van der Waals surface area (Å²) in [6.07, 6.45) is 1.69. The number of fused-ring (bicyclic) bond motifs is 1. The van der Waals surface area contributed by atoms with Gasteiger partial charge in [-0.05, 0) is 50.2 Å². The number of benzene rings is 3. The maximum Gasteiger partial charge on any atom is 0.282 e. The zero-order valence-electron chi connectivity index (χ0n) is 19.6. The molecule has 0 radical (unpaired) electrons. The van der Waals surface area contributed by atoms with E-state index in [2.05, 4.69) is 9.67 Å². The standard InChI is InChI=1S/C28H23ClN4O2/c1-18-15-21(19(2)32(18)25-16-22(29)13-14-26(25)35-3)17-30-33-27(20-9-5-4-6-10-20)31-24-12-8-7-11-23(24)28(33)34/h4-17H,1-3H3. The molecule has 0 saturated carbocycles. The van der Waals surface area contributed by atoms with Gasteiger partial charge in [-0.3, -0.25) is 4.79 Å². The molecule has 7 heteroatoms. The molecule has 5 rings (SSSR count). The van der Waals surface area contributed by atoms with Gasteiger partial charge in [0.25, 0.3) is 5.56 Å². The largest absolute Gasteiger partial charge is 0.495 e. The summed E-state index contributed by atoms with van der Waals surface area (Å²) in [6, 6.07) is 24.4. The van der Waals surface area contributed by atoms with Crippen LogP contribution in [0, 0.1) is 13.8 Å². The molecule has 2 heterocycles. The van der Waals surface area contributed by atoms with E-state index < -0.39 is 0 Å². The molecule has 0 atom stereocenters. The summed E-state index contributed by atoms with van der Waals surface area (Å²) in [5.41, 5.74) is 4.84. The number of methoxy groups -OCH3 is 1. The van der Waals surface area contributed by atoms with E-state index >= 15 is 0 Å². The van der Waals surface area contributed by atoms with E-state index in [4.69, 9.17) is 21.3 Å². The molecule has 0 aliphatic carbocycles. The van der Waals surface area contributed by atoms with Gasteiger partial charge in [-0.1, -0.05) is 54.1 Å². The van der Waals surface area contributed by atoms with E-state index in [1.165, 1.54) is 4.68 Å². The lowest BCUT2D eigenvalue weighted by molar-refractivity contribution is 0.412. The Balaban J connectivity index is 1.66. The monoisotopic (exact) mass is 482 g/mol. The second kappa shape index (κ2) is 9.24. The van der Waals surface area contributed by atoms with Crippen molar-refractivity contribution in [3.8, 4) is 22.8 Å². The highest BCUT2D eigenvalue weighted by molar-refractivity contribution is 6.30. The average molecular weight is 483 g/mol. The Bertz CT molecular complexity index is 1630. The van der Waals surface area contributed by atoms with Gasteiger partial charge in [0.1, 0.15) is 5.75 Å². The number of aromatic nitrogens is 3. The number of rotatable bonds is 5. The zero-order chi connectivity index (χ0) is 24.5. The molecule has 174 valence electrons. The van der Waals surface area contributed by atoms with Crippen LogP contribution in [0.1, 0.15) is 17.0 Å². The second-order valence-corrected chi connectivity index (χ2v) is 8.59. The van der Waals surface area contributed by atoms with Crippen molar-refractivity contribution >= 4 is 28.7 Å². The highest BCUT2D eigenvalue weighted by Crippen LogP contribution is 2.30. The molecule has 0 aliphatic rings. The Kier molecular flexibility index (Phi) is 5.97. The molecular weight excluding hydrogens is 460 g/mol. The first-order valence-electron chi connectivity index (χ1n) is 11.1. The summed E-state index contributed by atoms with van der Waals surface area (Å²) >= 11 is 6.28. The summed E-state index contributed by atoms with van der Waals surface area (Å²) in [6.45, 7) is 4.00. The van der Waals surface area contributed by atoms with E-state index in [1.807, 2.05) is 80.6 Å². The summed E-state index contributed by atoms with van der Waals surface area (Å²) in [5, 5.41) is 5.75. The molecular formula is C28H23ClN4O2. The molecule has 0 unspecified atom stereocenters. The van der Waals surface area contributed by atoms with Crippen LogP contribution >= 0.6 is 11.6 Å². The lowest BCUT2D eigenvalue weighted by Crippen LogP contribution is -2.20. The van der Waals surface area contributed by atoms with Crippen molar-refractivity contribution < 1.29 is 4.74 Å². The third kappa shape index (κ3) is 4.13. The lowest BCUT2D eigenvalue weighted by atomic mass is 10.2. The number of aryl methyl sites for hydroxylation is 1. The quantitative estimate of drug-likeness (QED) is 0.288. The summed E-state index contributed by atoms with van der Waals surface area (Å²) in [5.74, 6) is 1.19. The van der Waals surface area contributed by atoms with Crippen LogP contribution in [0.5, 0.6) is 5.75 Å². The first-order chi connectivity index (χ1) is 17.0. The zero-order valence-corrected chi connectivity index (χ0v) is 20.3. The van der Waals surface area contributed by atoms with Crippen LogP contribution in [0.2, 0.25) is 5.02 Å². The van der Waals surface area contributed by atoms with E-state index in [9.17, 15) is 4.79 Å². The number of hydrogen-bond donors (Lipinski definition) is 0. The molecule has 5 aromatic rings. The Morgan fingerprint density at radius 1 is 0.971 bits per heavy atom. The van der Waals surface area contributed by atoms with Gasteiger partial charge in [0.2, 0.25) is 0 Å². The van der Waals surface area contributed by atoms with Gasteiger partial charge in [-0.25, -0.2) is 4.98 Å². The van der Waals surface area contributed by atoms with Crippen molar-refractivity contribution in [1.82, 2.24) is 14.2 Å². The lowest BCUT2D eigenvalue weighted by Gasteiger charge is -2.14. The van der Waals surface area contributed by atoms with E-state index in [0.717, 1.165) is 28.2 Å². The minimum absolute atomic E-state index is 0.226. The molecule has 0 N–H and O–H groups in total. The van der Waals surface area contributed by atoms with Crippen LogP contribution in [0.15, 0.2) is 88.8 Å². The fourth-order valence-electron chi connectivity index (χ4n) is 4.25. The first kappa shape index (κ1) is 22.6. The van der Waals surface area contributed by atoms with Crippen molar-refractivity contribution in [2.75, 3.05) is 7.11 Å². The Morgan fingerprint density at radius 2 is 1.71 bits per heavy atom. The predicted octanol–water partition coefficient (Wildman–Crippen LogP) is 6.02. The maximum absolute atomic E-state index is 13.4. The number of halogens is 1. The third-order valence-corrected chi connectivity index (χ3v) is 6.19. The number of ether oxygens (including phenoxy) is 1. The van der Waals surface area contributed by atoms with Gasteiger partial charge in [-0.2, -0.15) is 9.78 Å². The summed E-state index contributed by atoms with van der Waals surface area (Å²) in [4.78, 5) is 18.2. The molecule has 0 fully saturated rings. The van der Waals surface area contributed by atoms with Crippen LogP contribution < -0.4 is 10.3 Å². The van der Waals surface area contributed by atoms with E-state index in [0.29, 0.717) is 27.5 Å². The fourth-order valence-corrected chi connectivity index (χ4v) is 4.42. The van der Waals surface area contributed by atoms with Crippen LogP contribution in [0.4, 0.5) is 0 Å². The molecule has 0 saturated heterocycles. The molecule has 0 bridgehead atoms. The molecule has 3 aromatic carbocycles. The molecule has 35 heavy (non-hydrogen) atoms. The van der Waals surface area contributed by atoms with Crippen LogP contribution in [0.25, 0.3) is 28.0 Å². The maximum atomic E-state index is 13.4. The van der Waals surface area contributed by atoms with E-state index in [1.54, 1.807) is 25.5 Å². The van der Waals surface area contributed by atoms with Crippen molar-refractivity contribution in [2.24, 2.45) is 5.10 Å². The SMILES string of the molecule is COc1ccc(Cl)cc1-n1c(C)cc(C=Nn2c(-c3ccccc3)nc3ccccc3c2=O)c1C. The highest BCUT2D eigenvalue weighted by atomic mass is 35.5. The minimum Gasteiger partial charge on any atom is -0.495 e. The van der Waals surface area contributed by atoms with Crippen molar-refractivity contribution in [3.05, 3.63) is 111 Å². The average Bonchev–Trinajstić information content (AvgIpc) is 3.16. The molecule has 0 aliphatic heterocycles. The number of nitrogens with zero attached hydrogens (tertiary/aromatic N) is 4. The van der Waals surface area contributed by atoms with E-state index in [-0.39, 0.29) is 5.56 Å². The summed E-state index contributed by atoms with van der Waals surface area (Å²) < 4.78 is 8.98. The molecule has 0 spiro atoms. The topological polar surface area (TPSA) is 61.4 Å². The smallest absolute Gasteiger partial charge is 0.282 e. The van der Waals surface area contributed by atoms with Gasteiger partial charge in [0, 0.05) is 27.5 Å². The van der Waals surface area contributed by atoms with Crippen LogP contribution in [-0.4, -0.2) is 27.6 Å². The highest BCUT2D eigenvalue weighted by Gasteiger charge is 2.15. The molecule has 0 amide bonds. The Hall–Kier alpha value is -4.16. The molecule has 6 nitrogen and oxygen atoms in total. The minimum atomic E-state index is -0.226. The normalized spacial score (nSPS) is 11.4. The Labute approximate surface area is 207 Å². The van der Waals surface area contributed by atoms with Crippen LogP contribution in [-0.2, 0) is 0 Å². The molecule has 2 aromatic heterocycles. The van der Waals surface area contributed by atoms with Gasteiger partial charge in [0.15, 0.2) is 5.82 Å². The fraction of sp³-hybridized carbons (Fsp3) is 0.107. The van der Waals surface area contributed by atoms with Crippen molar-refractivity contribution in [2.45, 2.75) is 13.8 Å². The summed E-state index contributed by atoms with van der Waals surface area (Å²) in [7, 11) is 1.63. The van der Waals surface area contributed by atoms with Crippen molar-refractivity contribution in [1.29, 1.82) is 0 Å². The predicted molar refractivity (Wildman–Crippen MR) is 141 cm³/mol. The van der Waals surface area contributed by atoms with Crippen molar-refractivity contribution in [3.63, 3.8) is 0 Å². The second-order valence-electron chi connectivity index (χ2n) is 8.16. The van der Waals surface area contributed by atoms with Gasteiger partial charge < -0.3 is 9.30 Å². The van der Waals surface area contributed by atoms with Gasteiger partial charge in [-0.15, -0.1) is 0 Å².